The molecule has 0 radical (unpaired) electrons. The first-order chi connectivity index (χ1) is 12.8. The van der Waals surface area contributed by atoms with Crippen LogP contribution in [0.3, 0.4) is 0 Å². The molecule has 0 amide bonds. The monoisotopic (exact) mass is 391 g/mol. The van der Waals surface area contributed by atoms with Crippen LogP contribution in [0.15, 0.2) is 27.6 Å². The Labute approximate surface area is 157 Å². The van der Waals surface area contributed by atoms with Crippen LogP contribution in [0.25, 0.3) is 5.82 Å². The lowest BCUT2D eigenvalue weighted by atomic mass is 10.4. The highest BCUT2D eigenvalue weighted by Gasteiger charge is 2.23. The van der Waals surface area contributed by atoms with E-state index >= 15 is 0 Å². The van der Waals surface area contributed by atoms with Gasteiger partial charge in [-0.15, -0.1) is 10.2 Å². The van der Waals surface area contributed by atoms with Gasteiger partial charge < -0.3 is 9.84 Å². The van der Waals surface area contributed by atoms with Gasteiger partial charge in [-0.1, -0.05) is 5.16 Å². The average molecular weight is 391 g/mol. The number of rotatable bonds is 7. The lowest BCUT2D eigenvalue weighted by Gasteiger charge is -2.08. The van der Waals surface area contributed by atoms with Crippen LogP contribution in [0.5, 0.6) is 0 Å². The second-order valence-corrected chi connectivity index (χ2v) is 7.80. The van der Waals surface area contributed by atoms with Gasteiger partial charge in [-0.3, -0.25) is 0 Å². The summed E-state index contributed by atoms with van der Waals surface area (Å²) in [6, 6.07) is 5.52. The number of nitrogens with one attached hydrogen (secondary N) is 2. The molecule has 0 saturated carbocycles. The van der Waals surface area contributed by atoms with E-state index in [1.807, 2.05) is 19.9 Å². The van der Waals surface area contributed by atoms with E-state index < -0.39 is 10.0 Å². The molecule has 0 bridgehead atoms. The zero-order valence-corrected chi connectivity index (χ0v) is 16.3. The van der Waals surface area contributed by atoms with E-state index in [9.17, 15) is 8.42 Å². The summed E-state index contributed by atoms with van der Waals surface area (Å²) in [5.74, 6) is 1.42. The number of hydrogen-bond acceptors (Lipinski definition) is 8. The molecule has 0 aliphatic rings. The SMILES string of the molecule is Cc1cc(C)n(-c2ccc(NCCNS(=O)(=O)c3c(C)noc3C)nn2)n1. The first-order valence-corrected chi connectivity index (χ1v) is 9.80. The summed E-state index contributed by atoms with van der Waals surface area (Å²) >= 11 is 0. The summed E-state index contributed by atoms with van der Waals surface area (Å²) in [6.07, 6.45) is 0. The predicted molar refractivity (Wildman–Crippen MR) is 98.3 cm³/mol. The van der Waals surface area contributed by atoms with Crippen LogP contribution in [-0.2, 0) is 10.0 Å². The van der Waals surface area contributed by atoms with Crippen LogP contribution < -0.4 is 10.0 Å². The second-order valence-electron chi connectivity index (χ2n) is 6.09. The van der Waals surface area contributed by atoms with Crippen molar-refractivity contribution in [3.63, 3.8) is 0 Å². The van der Waals surface area contributed by atoms with E-state index in [0.717, 1.165) is 11.4 Å². The lowest BCUT2D eigenvalue weighted by Crippen LogP contribution is -2.29. The van der Waals surface area contributed by atoms with Crippen molar-refractivity contribution in [2.75, 3.05) is 18.4 Å². The van der Waals surface area contributed by atoms with Crippen LogP contribution in [0, 0.1) is 27.7 Å². The molecule has 11 heteroatoms. The molecular formula is C16H21N7O3S. The maximum absolute atomic E-state index is 12.3. The molecule has 3 aromatic rings. The molecule has 0 fully saturated rings. The van der Waals surface area contributed by atoms with E-state index in [1.165, 1.54) is 0 Å². The third-order valence-electron chi connectivity index (χ3n) is 3.84. The van der Waals surface area contributed by atoms with Gasteiger partial charge in [0.1, 0.15) is 16.4 Å². The Kier molecular flexibility index (Phi) is 5.24. The number of sulfonamides is 1. The summed E-state index contributed by atoms with van der Waals surface area (Å²) in [5, 5.41) is 19.3. The smallest absolute Gasteiger partial charge is 0.246 e. The molecule has 3 rings (SSSR count). The Balaban J connectivity index is 1.56. The fourth-order valence-electron chi connectivity index (χ4n) is 2.70. The third kappa shape index (κ3) is 4.14. The summed E-state index contributed by atoms with van der Waals surface area (Å²) in [6.45, 7) is 7.52. The molecule has 2 N–H and O–H groups in total. The van der Waals surface area contributed by atoms with Crippen LogP contribution in [-0.4, -0.2) is 46.6 Å². The highest BCUT2D eigenvalue weighted by atomic mass is 32.2. The highest BCUT2D eigenvalue weighted by molar-refractivity contribution is 7.89. The van der Waals surface area contributed by atoms with Crippen molar-refractivity contribution in [1.82, 2.24) is 29.9 Å². The fourth-order valence-corrected chi connectivity index (χ4v) is 4.06. The van der Waals surface area contributed by atoms with Crippen molar-refractivity contribution in [2.24, 2.45) is 0 Å². The van der Waals surface area contributed by atoms with Gasteiger partial charge in [-0.2, -0.15) is 5.10 Å². The second kappa shape index (κ2) is 7.45. The van der Waals surface area contributed by atoms with Gasteiger partial charge >= 0.3 is 0 Å². The van der Waals surface area contributed by atoms with Crippen molar-refractivity contribution in [3.05, 3.63) is 41.0 Å². The Morgan fingerprint density at radius 3 is 2.44 bits per heavy atom. The summed E-state index contributed by atoms with van der Waals surface area (Å²) in [4.78, 5) is 0.0801. The average Bonchev–Trinajstić information content (AvgIpc) is 3.13. The Morgan fingerprint density at radius 1 is 1.11 bits per heavy atom. The van der Waals surface area contributed by atoms with E-state index in [0.29, 0.717) is 23.9 Å². The van der Waals surface area contributed by atoms with Gasteiger partial charge in [0.05, 0.1) is 5.69 Å². The van der Waals surface area contributed by atoms with Crippen molar-refractivity contribution in [1.29, 1.82) is 0 Å². The van der Waals surface area contributed by atoms with Gasteiger partial charge in [-0.05, 0) is 45.9 Å². The van der Waals surface area contributed by atoms with E-state index in [4.69, 9.17) is 4.52 Å². The Bertz CT molecular complexity index is 1020. The Hall–Kier alpha value is -2.79. The minimum atomic E-state index is -3.67. The maximum atomic E-state index is 12.3. The van der Waals surface area contributed by atoms with Gasteiger partial charge in [0.25, 0.3) is 0 Å². The van der Waals surface area contributed by atoms with Crippen LogP contribution in [0.1, 0.15) is 22.8 Å². The molecule has 3 aromatic heterocycles. The quantitative estimate of drug-likeness (QED) is 0.576. The molecule has 0 saturated heterocycles. The molecule has 27 heavy (non-hydrogen) atoms. The number of aromatic nitrogens is 5. The largest absolute Gasteiger partial charge is 0.367 e. The number of nitrogens with zero attached hydrogens (tertiary/aromatic N) is 5. The molecule has 0 aliphatic heterocycles. The van der Waals surface area contributed by atoms with Crippen LogP contribution >= 0.6 is 0 Å². The van der Waals surface area contributed by atoms with E-state index in [-0.39, 0.29) is 17.2 Å². The lowest BCUT2D eigenvalue weighted by molar-refractivity contribution is 0.390. The molecule has 0 aliphatic carbocycles. The standard InChI is InChI=1S/C16H21N7O3S/c1-10-9-11(2)23(21-10)15-6-5-14(19-20-15)17-7-8-18-27(24,25)16-12(3)22-26-13(16)4/h5-6,9,18H,7-8H2,1-4H3,(H,17,19). The normalized spacial score (nSPS) is 11.7. The van der Waals surface area contributed by atoms with Gasteiger partial charge in [0.15, 0.2) is 11.6 Å². The van der Waals surface area contributed by atoms with Crippen molar-refractivity contribution in [3.8, 4) is 5.82 Å². The number of hydrogen-bond donors (Lipinski definition) is 2. The highest BCUT2D eigenvalue weighted by Crippen LogP contribution is 2.18. The van der Waals surface area contributed by atoms with Gasteiger partial charge in [0.2, 0.25) is 10.0 Å². The number of aryl methyl sites for hydroxylation is 4. The molecule has 144 valence electrons. The van der Waals surface area contributed by atoms with E-state index in [1.54, 1.807) is 30.7 Å². The Morgan fingerprint density at radius 2 is 1.89 bits per heavy atom. The minimum Gasteiger partial charge on any atom is -0.367 e. The maximum Gasteiger partial charge on any atom is 0.246 e. The molecule has 0 unspecified atom stereocenters. The number of anilines is 1. The molecule has 0 spiro atoms. The fraction of sp³-hybridized carbons (Fsp3) is 0.375. The molecule has 0 atom stereocenters. The van der Waals surface area contributed by atoms with Crippen molar-refractivity contribution >= 4 is 15.8 Å². The van der Waals surface area contributed by atoms with Gasteiger partial charge in [-0.25, -0.2) is 17.8 Å². The summed E-state index contributed by atoms with van der Waals surface area (Å²) in [7, 11) is -3.67. The molecule has 0 aromatic carbocycles. The molecule has 3 heterocycles. The van der Waals surface area contributed by atoms with E-state index in [2.05, 4.69) is 30.5 Å². The van der Waals surface area contributed by atoms with Gasteiger partial charge in [0, 0.05) is 18.8 Å². The van der Waals surface area contributed by atoms with Crippen LogP contribution in [0.4, 0.5) is 5.82 Å². The summed E-state index contributed by atoms with van der Waals surface area (Å²) in [5.41, 5.74) is 2.21. The minimum absolute atomic E-state index is 0.0801. The third-order valence-corrected chi connectivity index (χ3v) is 5.54. The predicted octanol–water partition coefficient (Wildman–Crippen LogP) is 1.27. The zero-order chi connectivity index (χ0) is 19.6. The topological polar surface area (TPSA) is 128 Å². The zero-order valence-electron chi connectivity index (χ0n) is 15.5. The first kappa shape index (κ1) is 19.0. The first-order valence-electron chi connectivity index (χ1n) is 8.32. The molecule has 10 nitrogen and oxygen atoms in total. The van der Waals surface area contributed by atoms with Crippen LogP contribution in [0.2, 0.25) is 0 Å². The summed E-state index contributed by atoms with van der Waals surface area (Å²) < 4.78 is 33.7. The van der Waals surface area contributed by atoms with Crippen molar-refractivity contribution < 1.29 is 12.9 Å². The van der Waals surface area contributed by atoms with Crippen molar-refractivity contribution in [2.45, 2.75) is 32.6 Å². The molecular weight excluding hydrogens is 370 g/mol.